The largest absolute Gasteiger partial charge is 0.486 e. The van der Waals surface area contributed by atoms with E-state index in [0.29, 0.717) is 37.6 Å². The van der Waals surface area contributed by atoms with Crippen LogP contribution < -0.4 is 19.1 Å². The Kier molecular flexibility index (Phi) is 10.5. The number of hydrogen-bond donors (Lipinski definition) is 1. The highest BCUT2D eigenvalue weighted by molar-refractivity contribution is 7.92. The summed E-state index contributed by atoms with van der Waals surface area (Å²) < 4.78 is 40.4. The lowest BCUT2D eigenvalue weighted by Crippen LogP contribution is -2.54. The Morgan fingerprint density at radius 3 is 2.17 bits per heavy atom. The van der Waals surface area contributed by atoms with Crippen molar-refractivity contribution in [2.45, 2.75) is 57.0 Å². The average Bonchev–Trinajstić information content (AvgIpc) is 3.02. The summed E-state index contributed by atoms with van der Waals surface area (Å²) >= 11 is 0. The number of ether oxygens (including phenoxy) is 2. The van der Waals surface area contributed by atoms with Crippen LogP contribution in [0.25, 0.3) is 0 Å². The van der Waals surface area contributed by atoms with Crippen LogP contribution in [0.1, 0.15) is 39.2 Å². The molecule has 10 heteroatoms. The van der Waals surface area contributed by atoms with Crippen LogP contribution in [-0.4, -0.2) is 63.5 Å². The number of amides is 2. The number of benzene rings is 3. The molecule has 4 rings (SSSR count). The summed E-state index contributed by atoms with van der Waals surface area (Å²) in [6.45, 7) is 6.21. The average molecular weight is 594 g/mol. The van der Waals surface area contributed by atoms with Gasteiger partial charge in [-0.3, -0.25) is 13.9 Å². The first-order valence-electron chi connectivity index (χ1n) is 14.4. The fourth-order valence-electron chi connectivity index (χ4n) is 4.77. The summed E-state index contributed by atoms with van der Waals surface area (Å²) in [5.41, 5.74) is 1.27. The predicted octanol–water partition coefficient (Wildman–Crippen LogP) is 4.42. The molecule has 224 valence electrons. The smallest absolute Gasteiger partial charge is 0.264 e. The van der Waals surface area contributed by atoms with E-state index in [1.807, 2.05) is 51.1 Å². The SMILES string of the molecule is CC[C@@H](C)NC(=O)[C@@H](CC)N(CCc1ccccc1)C(=O)CN(c1ccc2c(c1)OCCO2)S(=O)(=O)c1ccccc1. The Morgan fingerprint density at radius 1 is 0.881 bits per heavy atom. The van der Waals surface area contributed by atoms with Gasteiger partial charge in [0, 0.05) is 18.7 Å². The second-order valence-electron chi connectivity index (χ2n) is 10.2. The summed E-state index contributed by atoms with van der Waals surface area (Å²) in [6, 6.07) is 21.6. The fourth-order valence-corrected chi connectivity index (χ4v) is 6.20. The predicted molar refractivity (Wildman–Crippen MR) is 162 cm³/mol. The van der Waals surface area contributed by atoms with Gasteiger partial charge in [-0.2, -0.15) is 0 Å². The molecule has 3 aromatic carbocycles. The minimum Gasteiger partial charge on any atom is -0.486 e. The standard InChI is InChI=1S/C32H39N3O6S/c1-4-24(3)33-32(37)28(5-2)34(19-18-25-12-8-6-9-13-25)31(36)23-35(42(38,39)27-14-10-7-11-15-27)26-16-17-29-30(22-26)41-21-20-40-29/h6-17,22,24,28H,4-5,18-21,23H2,1-3H3,(H,33,37)/t24-,28-/m1/s1. The fraction of sp³-hybridized carbons (Fsp3) is 0.375. The number of carbonyl (C=O) groups excluding carboxylic acids is 2. The van der Waals surface area contributed by atoms with E-state index in [9.17, 15) is 18.0 Å². The van der Waals surface area contributed by atoms with Gasteiger partial charge in [0.25, 0.3) is 10.0 Å². The third kappa shape index (κ3) is 7.42. The molecule has 1 N–H and O–H groups in total. The van der Waals surface area contributed by atoms with Crippen molar-refractivity contribution in [3.05, 3.63) is 84.4 Å². The molecule has 1 aliphatic heterocycles. The number of hydrogen-bond acceptors (Lipinski definition) is 6. The highest BCUT2D eigenvalue weighted by Gasteiger charge is 2.34. The van der Waals surface area contributed by atoms with Crippen LogP contribution in [0.4, 0.5) is 5.69 Å². The van der Waals surface area contributed by atoms with E-state index in [1.54, 1.807) is 36.4 Å². The zero-order valence-corrected chi connectivity index (χ0v) is 25.2. The van der Waals surface area contributed by atoms with Gasteiger partial charge < -0.3 is 19.7 Å². The first-order chi connectivity index (χ1) is 20.2. The summed E-state index contributed by atoms with van der Waals surface area (Å²) in [4.78, 5) is 29.1. The van der Waals surface area contributed by atoms with Crippen LogP contribution in [0.2, 0.25) is 0 Å². The van der Waals surface area contributed by atoms with Crippen LogP contribution in [0, 0.1) is 0 Å². The molecule has 0 unspecified atom stereocenters. The second kappa shape index (κ2) is 14.2. The van der Waals surface area contributed by atoms with Crippen molar-refractivity contribution in [3.63, 3.8) is 0 Å². The van der Waals surface area contributed by atoms with Gasteiger partial charge in [-0.1, -0.05) is 62.4 Å². The minimum absolute atomic E-state index is 0.0464. The molecule has 9 nitrogen and oxygen atoms in total. The molecule has 1 heterocycles. The molecular weight excluding hydrogens is 554 g/mol. The van der Waals surface area contributed by atoms with Gasteiger partial charge >= 0.3 is 0 Å². The number of fused-ring (bicyclic) bond motifs is 1. The summed E-state index contributed by atoms with van der Waals surface area (Å²) in [6.07, 6.45) is 1.63. The van der Waals surface area contributed by atoms with Crippen LogP contribution in [0.15, 0.2) is 83.8 Å². The van der Waals surface area contributed by atoms with E-state index in [2.05, 4.69) is 5.32 Å². The number of nitrogens with one attached hydrogen (secondary N) is 1. The maximum Gasteiger partial charge on any atom is 0.264 e. The van der Waals surface area contributed by atoms with Crippen LogP contribution in [0.3, 0.4) is 0 Å². The Hall–Kier alpha value is -4.05. The van der Waals surface area contributed by atoms with Gasteiger partial charge in [-0.05, 0) is 56.0 Å². The third-order valence-electron chi connectivity index (χ3n) is 7.29. The van der Waals surface area contributed by atoms with Crippen molar-refractivity contribution in [1.29, 1.82) is 0 Å². The summed E-state index contributed by atoms with van der Waals surface area (Å²) in [5, 5.41) is 2.99. The normalized spacial score (nSPS) is 14.0. The van der Waals surface area contributed by atoms with E-state index in [1.165, 1.54) is 17.0 Å². The molecule has 0 spiro atoms. The van der Waals surface area contributed by atoms with Gasteiger partial charge in [0.2, 0.25) is 11.8 Å². The van der Waals surface area contributed by atoms with E-state index in [-0.39, 0.29) is 29.1 Å². The monoisotopic (exact) mass is 593 g/mol. The molecular formula is C32H39N3O6S. The van der Waals surface area contributed by atoms with Gasteiger partial charge in [0.05, 0.1) is 10.6 Å². The Balaban J connectivity index is 1.71. The quantitative estimate of drug-likeness (QED) is 0.315. The zero-order valence-electron chi connectivity index (χ0n) is 24.4. The topological polar surface area (TPSA) is 105 Å². The molecule has 0 saturated heterocycles. The number of sulfonamides is 1. The zero-order chi connectivity index (χ0) is 30.1. The van der Waals surface area contributed by atoms with Gasteiger partial charge in [0.1, 0.15) is 25.8 Å². The molecule has 1 aliphatic rings. The number of rotatable bonds is 13. The molecule has 3 aromatic rings. The minimum atomic E-state index is -4.16. The van der Waals surface area contributed by atoms with Crippen LogP contribution >= 0.6 is 0 Å². The van der Waals surface area contributed by atoms with E-state index in [0.717, 1.165) is 16.3 Å². The van der Waals surface area contributed by atoms with Gasteiger partial charge in [-0.25, -0.2) is 8.42 Å². The first kappa shape index (κ1) is 30.9. The van der Waals surface area contributed by atoms with Crippen LogP contribution in [0.5, 0.6) is 11.5 Å². The second-order valence-corrected chi connectivity index (χ2v) is 12.1. The highest BCUT2D eigenvalue weighted by Crippen LogP contribution is 2.36. The molecule has 0 saturated carbocycles. The Bertz CT molecular complexity index is 1450. The molecule has 0 aromatic heterocycles. The van der Waals surface area contributed by atoms with E-state index in [4.69, 9.17) is 9.47 Å². The van der Waals surface area contributed by atoms with Crippen LogP contribution in [-0.2, 0) is 26.0 Å². The highest BCUT2D eigenvalue weighted by atomic mass is 32.2. The molecule has 2 atom stereocenters. The van der Waals surface area contributed by atoms with Crippen molar-refractivity contribution < 1.29 is 27.5 Å². The molecule has 0 fully saturated rings. The maximum atomic E-state index is 14.2. The van der Waals surface area contributed by atoms with E-state index >= 15 is 0 Å². The lowest BCUT2D eigenvalue weighted by Gasteiger charge is -2.34. The van der Waals surface area contributed by atoms with E-state index < -0.39 is 28.5 Å². The summed E-state index contributed by atoms with van der Waals surface area (Å²) in [5.74, 6) is 0.168. The Labute approximate surface area is 248 Å². The maximum absolute atomic E-state index is 14.2. The van der Waals surface area contributed by atoms with Crippen molar-refractivity contribution in [3.8, 4) is 11.5 Å². The van der Waals surface area contributed by atoms with Gasteiger partial charge in [0.15, 0.2) is 11.5 Å². The number of nitrogens with zero attached hydrogens (tertiary/aromatic N) is 2. The molecule has 0 radical (unpaired) electrons. The van der Waals surface area contributed by atoms with Crippen molar-refractivity contribution in [1.82, 2.24) is 10.2 Å². The van der Waals surface area contributed by atoms with Gasteiger partial charge in [-0.15, -0.1) is 0 Å². The number of carbonyl (C=O) groups is 2. The van der Waals surface area contributed by atoms with Crippen molar-refractivity contribution >= 4 is 27.5 Å². The van der Waals surface area contributed by atoms with Crippen molar-refractivity contribution in [2.75, 3.05) is 30.6 Å². The summed E-state index contributed by atoms with van der Waals surface area (Å²) in [7, 11) is -4.16. The first-order valence-corrected chi connectivity index (χ1v) is 15.8. The lowest BCUT2D eigenvalue weighted by molar-refractivity contribution is -0.139. The lowest BCUT2D eigenvalue weighted by atomic mass is 10.1. The molecule has 2 amide bonds. The third-order valence-corrected chi connectivity index (χ3v) is 9.08. The molecule has 42 heavy (non-hydrogen) atoms. The Morgan fingerprint density at radius 2 is 1.52 bits per heavy atom. The molecule has 0 bridgehead atoms. The number of anilines is 1. The van der Waals surface area contributed by atoms with Crippen molar-refractivity contribution in [2.24, 2.45) is 0 Å². The molecule has 0 aliphatic carbocycles.